The minimum absolute atomic E-state index is 0.223. The predicted molar refractivity (Wildman–Crippen MR) is 84.1 cm³/mol. The van der Waals surface area contributed by atoms with Gasteiger partial charge in [-0.3, -0.25) is 4.52 Å². The summed E-state index contributed by atoms with van der Waals surface area (Å²) in [6.07, 6.45) is -0.372. The van der Waals surface area contributed by atoms with Gasteiger partial charge in [0, 0.05) is 5.41 Å². The van der Waals surface area contributed by atoms with Crippen LogP contribution in [0.2, 0.25) is 0 Å². The first-order chi connectivity index (χ1) is 11.6. The lowest BCUT2D eigenvalue weighted by atomic mass is 10.0. The molecule has 0 spiro atoms. The number of rotatable bonds is 4. The van der Waals surface area contributed by atoms with Gasteiger partial charge in [-0.1, -0.05) is 0 Å². The van der Waals surface area contributed by atoms with Gasteiger partial charge in [0.2, 0.25) is 0 Å². The van der Waals surface area contributed by atoms with Crippen LogP contribution in [0.25, 0.3) is 11.2 Å². The molecule has 0 unspecified atom stereocenters. The number of phosphoric acid groups is 1. The van der Waals surface area contributed by atoms with Crippen molar-refractivity contribution < 1.29 is 29.1 Å². The van der Waals surface area contributed by atoms with E-state index in [-0.39, 0.29) is 18.3 Å². The number of aliphatic hydroxyl groups excluding tert-OH is 2. The summed E-state index contributed by atoms with van der Waals surface area (Å²) in [4.78, 5) is 30.4. The third-order valence-electron chi connectivity index (χ3n) is 5.24. The molecule has 0 aliphatic heterocycles. The Hall–Kier alpha value is -1.62. The standard InChI is InChI=1S/C13H18N5O6P/c1-5-16-11(14)7-12(17-5)18(4-15-7)8-6-2-13(6,10(20)9(8)19)3-24-25(21,22)23/h4,6,8-10,19-20H,2-3H2,1H3,(H2,14,16,17)(H2,21,22,23)/t6-,8-,9+,10+,13+/m1/s1. The summed E-state index contributed by atoms with van der Waals surface area (Å²) in [5, 5.41) is 20.9. The zero-order valence-corrected chi connectivity index (χ0v) is 14.1. The highest BCUT2D eigenvalue weighted by Crippen LogP contribution is 2.68. The zero-order chi connectivity index (χ0) is 18.1. The number of aromatic nitrogens is 4. The zero-order valence-electron chi connectivity index (χ0n) is 13.2. The SMILES string of the molecule is Cc1nc(N)c2ncn([C@H]3[C@H](O)[C@H](O)[C@]4(COP(=O)(O)O)C[C@H]34)c2n1. The molecule has 2 aliphatic carbocycles. The number of nitrogens with zero attached hydrogens (tertiary/aromatic N) is 4. The Kier molecular flexibility index (Phi) is 3.50. The molecule has 6 N–H and O–H groups in total. The molecule has 25 heavy (non-hydrogen) atoms. The van der Waals surface area contributed by atoms with Crippen molar-refractivity contribution >= 4 is 24.8 Å². The maximum absolute atomic E-state index is 11.0. The number of anilines is 1. The van der Waals surface area contributed by atoms with Gasteiger partial charge >= 0.3 is 7.82 Å². The number of hydrogen-bond donors (Lipinski definition) is 5. The van der Waals surface area contributed by atoms with Crippen LogP contribution >= 0.6 is 7.82 Å². The molecule has 11 nitrogen and oxygen atoms in total. The van der Waals surface area contributed by atoms with Crippen molar-refractivity contribution in [2.75, 3.05) is 12.3 Å². The van der Waals surface area contributed by atoms with Crippen LogP contribution in [-0.2, 0) is 9.09 Å². The van der Waals surface area contributed by atoms with Crippen molar-refractivity contribution in [2.45, 2.75) is 31.6 Å². The molecule has 0 bridgehead atoms. The number of nitrogens with two attached hydrogens (primary N) is 1. The van der Waals surface area contributed by atoms with E-state index in [1.807, 2.05) is 0 Å². The molecule has 5 atom stereocenters. The fourth-order valence-corrected chi connectivity index (χ4v) is 4.41. The molecule has 0 radical (unpaired) electrons. The molecule has 2 heterocycles. The van der Waals surface area contributed by atoms with E-state index in [0.29, 0.717) is 23.4 Å². The first-order valence-electron chi connectivity index (χ1n) is 7.67. The Bertz CT molecular complexity index is 898. The van der Waals surface area contributed by atoms with E-state index in [2.05, 4.69) is 19.5 Å². The number of imidazole rings is 1. The molecule has 12 heteroatoms. The summed E-state index contributed by atoms with van der Waals surface area (Å²) in [5.41, 5.74) is 5.80. The number of aryl methyl sites for hydroxylation is 1. The fourth-order valence-electron chi connectivity index (χ4n) is 4.00. The Morgan fingerprint density at radius 2 is 2.16 bits per heavy atom. The average Bonchev–Trinajstić information content (AvgIpc) is 3.01. The van der Waals surface area contributed by atoms with Gasteiger partial charge in [0.1, 0.15) is 17.4 Å². The lowest BCUT2D eigenvalue weighted by Crippen LogP contribution is -2.35. The molecule has 0 aromatic carbocycles. The van der Waals surface area contributed by atoms with Gasteiger partial charge in [0.15, 0.2) is 11.5 Å². The van der Waals surface area contributed by atoms with Gasteiger partial charge in [-0.25, -0.2) is 19.5 Å². The summed E-state index contributed by atoms with van der Waals surface area (Å²) >= 11 is 0. The van der Waals surface area contributed by atoms with E-state index in [1.165, 1.54) is 6.33 Å². The molecule has 0 amide bonds. The highest BCUT2D eigenvalue weighted by molar-refractivity contribution is 7.46. The van der Waals surface area contributed by atoms with Gasteiger partial charge in [-0.2, -0.15) is 0 Å². The van der Waals surface area contributed by atoms with Crippen molar-refractivity contribution in [3.05, 3.63) is 12.2 Å². The van der Waals surface area contributed by atoms with Crippen LogP contribution in [0.4, 0.5) is 5.82 Å². The smallest absolute Gasteiger partial charge is 0.390 e. The molecule has 2 fully saturated rings. The minimum Gasteiger partial charge on any atom is -0.390 e. The Morgan fingerprint density at radius 1 is 1.44 bits per heavy atom. The summed E-state index contributed by atoms with van der Waals surface area (Å²) in [5.74, 6) is 0.450. The van der Waals surface area contributed by atoms with Gasteiger partial charge in [-0.15, -0.1) is 0 Å². The monoisotopic (exact) mass is 371 g/mol. The Labute approximate surface area is 141 Å². The van der Waals surface area contributed by atoms with Crippen LogP contribution in [0.5, 0.6) is 0 Å². The van der Waals surface area contributed by atoms with Gasteiger partial charge < -0.3 is 30.3 Å². The van der Waals surface area contributed by atoms with E-state index in [4.69, 9.17) is 15.5 Å². The first kappa shape index (κ1) is 16.8. The molecule has 136 valence electrons. The number of nitrogen functional groups attached to an aromatic ring is 1. The van der Waals surface area contributed by atoms with Crippen molar-refractivity contribution in [3.8, 4) is 0 Å². The fraction of sp³-hybridized carbons (Fsp3) is 0.615. The van der Waals surface area contributed by atoms with Crippen molar-refractivity contribution in [3.63, 3.8) is 0 Å². The average molecular weight is 371 g/mol. The Balaban J connectivity index is 1.70. The first-order valence-corrected chi connectivity index (χ1v) is 9.20. The largest absolute Gasteiger partial charge is 0.469 e. The molecular weight excluding hydrogens is 353 g/mol. The van der Waals surface area contributed by atoms with Gasteiger partial charge in [-0.05, 0) is 19.3 Å². The molecule has 2 aliphatic rings. The molecule has 2 saturated carbocycles. The van der Waals surface area contributed by atoms with Crippen LogP contribution in [0.3, 0.4) is 0 Å². The molecule has 2 aromatic rings. The van der Waals surface area contributed by atoms with Crippen LogP contribution < -0.4 is 5.73 Å². The number of fused-ring (bicyclic) bond motifs is 2. The van der Waals surface area contributed by atoms with Crippen molar-refractivity contribution in [2.24, 2.45) is 11.3 Å². The van der Waals surface area contributed by atoms with E-state index < -0.39 is 31.5 Å². The van der Waals surface area contributed by atoms with E-state index in [1.54, 1.807) is 11.5 Å². The maximum atomic E-state index is 11.0. The van der Waals surface area contributed by atoms with Crippen molar-refractivity contribution in [1.82, 2.24) is 19.5 Å². The molecular formula is C13H18N5O6P. The summed E-state index contributed by atoms with van der Waals surface area (Å²) in [6.45, 7) is 1.35. The third-order valence-corrected chi connectivity index (χ3v) is 5.70. The van der Waals surface area contributed by atoms with E-state index in [0.717, 1.165) is 0 Å². The predicted octanol–water partition coefficient (Wildman–Crippen LogP) is -0.891. The summed E-state index contributed by atoms with van der Waals surface area (Å²) in [7, 11) is -4.66. The second-order valence-electron chi connectivity index (χ2n) is 6.71. The van der Waals surface area contributed by atoms with Crippen LogP contribution in [0.15, 0.2) is 6.33 Å². The highest BCUT2D eigenvalue weighted by Gasteiger charge is 2.72. The molecule has 0 saturated heterocycles. The van der Waals surface area contributed by atoms with Gasteiger partial charge in [0.25, 0.3) is 0 Å². The van der Waals surface area contributed by atoms with Crippen LogP contribution in [0.1, 0.15) is 18.3 Å². The lowest BCUT2D eigenvalue weighted by molar-refractivity contribution is -0.0297. The quantitative estimate of drug-likeness (QED) is 0.424. The topological polar surface area (TPSA) is 177 Å². The van der Waals surface area contributed by atoms with E-state index >= 15 is 0 Å². The van der Waals surface area contributed by atoms with Crippen LogP contribution in [0, 0.1) is 18.3 Å². The molecule has 2 aromatic heterocycles. The normalized spacial score (nSPS) is 34.4. The Morgan fingerprint density at radius 3 is 2.84 bits per heavy atom. The number of hydrogen-bond acceptors (Lipinski definition) is 8. The summed E-state index contributed by atoms with van der Waals surface area (Å²) < 4.78 is 17.2. The molecule has 4 rings (SSSR count). The minimum atomic E-state index is -4.66. The second kappa shape index (κ2) is 5.19. The maximum Gasteiger partial charge on any atom is 0.469 e. The number of phosphoric ester groups is 1. The number of aliphatic hydroxyl groups is 2. The second-order valence-corrected chi connectivity index (χ2v) is 7.95. The van der Waals surface area contributed by atoms with Gasteiger partial charge in [0.05, 0.1) is 25.1 Å². The third kappa shape index (κ3) is 2.47. The summed E-state index contributed by atoms with van der Waals surface area (Å²) in [6, 6.07) is -0.547. The van der Waals surface area contributed by atoms with Crippen molar-refractivity contribution in [1.29, 1.82) is 0 Å². The van der Waals surface area contributed by atoms with E-state index in [9.17, 15) is 14.8 Å². The van der Waals surface area contributed by atoms with Crippen LogP contribution in [-0.4, -0.2) is 58.3 Å². The lowest BCUT2D eigenvalue weighted by Gasteiger charge is -2.24. The highest BCUT2D eigenvalue weighted by atomic mass is 31.2.